The first-order chi connectivity index (χ1) is 12.4. The predicted molar refractivity (Wildman–Crippen MR) is 98.0 cm³/mol. The topological polar surface area (TPSA) is 70.8 Å². The van der Waals surface area contributed by atoms with Crippen LogP contribution in [0.4, 0.5) is 5.69 Å². The van der Waals surface area contributed by atoms with E-state index in [0.29, 0.717) is 22.9 Å². The highest BCUT2D eigenvalue weighted by Gasteiger charge is 2.52. The van der Waals surface area contributed by atoms with Crippen LogP contribution in [0.15, 0.2) is 42.5 Å². The maximum absolute atomic E-state index is 12.8. The SMILES string of the molecule is COC1(C)CC(c2ccc(Cl)cc2)C2C(=O)Oc3cc(N)ccc3C2O1. The number of hydrogen-bond donors (Lipinski definition) is 1. The number of anilines is 1. The summed E-state index contributed by atoms with van der Waals surface area (Å²) in [6, 6.07) is 12.8. The quantitative estimate of drug-likeness (QED) is 0.488. The highest BCUT2D eigenvalue weighted by Crippen LogP contribution is 2.53. The fourth-order valence-electron chi connectivity index (χ4n) is 3.89. The Balaban J connectivity index is 1.82. The van der Waals surface area contributed by atoms with Gasteiger partial charge in [-0.25, -0.2) is 0 Å². The summed E-state index contributed by atoms with van der Waals surface area (Å²) in [7, 11) is 1.62. The first kappa shape index (κ1) is 17.3. The van der Waals surface area contributed by atoms with E-state index in [9.17, 15) is 4.79 Å². The minimum absolute atomic E-state index is 0.117. The van der Waals surface area contributed by atoms with Crippen LogP contribution in [0.2, 0.25) is 5.02 Å². The Bertz CT molecular complexity index is 853. The van der Waals surface area contributed by atoms with Gasteiger partial charge in [-0.1, -0.05) is 29.8 Å². The van der Waals surface area contributed by atoms with E-state index in [1.54, 1.807) is 19.2 Å². The van der Waals surface area contributed by atoms with Gasteiger partial charge in [0, 0.05) is 41.8 Å². The lowest BCUT2D eigenvalue weighted by molar-refractivity contribution is -0.279. The number of carbonyl (C=O) groups excluding carboxylic acids is 1. The molecular formula is C20H20ClNO4. The maximum Gasteiger partial charge on any atom is 0.317 e. The second-order valence-corrected chi connectivity index (χ2v) is 7.42. The maximum atomic E-state index is 12.8. The van der Waals surface area contributed by atoms with Crippen molar-refractivity contribution in [3.05, 3.63) is 58.6 Å². The van der Waals surface area contributed by atoms with Gasteiger partial charge in [0.05, 0.1) is 5.92 Å². The van der Waals surface area contributed by atoms with E-state index in [2.05, 4.69) is 0 Å². The van der Waals surface area contributed by atoms with Gasteiger partial charge < -0.3 is 19.9 Å². The minimum Gasteiger partial charge on any atom is -0.426 e. The summed E-state index contributed by atoms with van der Waals surface area (Å²) in [5, 5.41) is 0.652. The highest BCUT2D eigenvalue weighted by molar-refractivity contribution is 6.30. The molecule has 2 aliphatic rings. The Morgan fingerprint density at radius 2 is 1.96 bits per heavy atom. The van der Waals surface area contributed by atoms with Crippen molar-refractivity contribution >= 4 is 23.3 Å². The number of benzene rings is 2. The summed E-state index contributed by atoms with van der Waals surface area (Å²) in [5.74, 6) is -1.26. The fourth-order valence-corrected chi connectivity index (χ4v) is 4.02. The largest absolute Gasteiger partial charge is 0.426 e. The number of carbonyl (C=O) groups is 1. The number of nitrogens with two attached hydrogens (primary N) is 1. The van der Waals surface area contributed by atoms with Crippen LogP contribution in [0, 0.1) is 5.92 Å². The second-order valence-electron chi connectivity index (χ2n) is 6.98. The van der Waals surface area contributed by atoms with E-state index in [-0.39, 0.29) is 11.9 Å². The molecule has 0 bridgehead atoms. The Morgan fingerprint density at radius 3 is 2.65 bits per heavy atom. The highest BCUT2D eigenvalue weighted by atomic mass is 35.5. The Hall–Kier alpha value is -2.08. The molecule has 2 N–H and O–H groups in total. The number of rotatable bonds is 2. The van der Waals surface area contributed by atoms with Gasteiger partial charge in [0.1, 0.15) is 11.9 Å². The first-order valence-electron chi connectivity index (χ1n) is 8.50. The molecule has 2 heterocycles. The van der Waals surface area contributed by atoms with Gasteiger partial charge in [0.15, 0.2) is 5.79 Å². The van der Waals surface area contributed by atoms with Gasteiger partial charge in [-0.05, 0) is 30.7 Å². The summed E-state index contributed by atoms with van der Waals surface area (Å²) in [4.78, 5) is 12.8. The molecule has 26 heavy (non-hydrogen) atoms. The van der Waals surface area contributed by atoms with Gasteiger partial charge in [-0.15, -0.1) is 0 Å². The average molecular weight is 374 g/mol. The zero-order valence-electron chi connectivity index (χ0n) is 14.6. The lowest BCUT2D eigenvalue weighted by atomic mass is 9.73. The van der Waals surface area contributed by atoms with Crippen LogP contribution in [-0.4, -0.2) is 18.9 Å². The van der Waals surface area contributed by atoms with Gasteiger partial charge in [0.2, 0.25) is 0 Å². The number of ether oxygens (including phenoxy) is 3. The van der Waals surface area contributed by atoms with Crippen LogP contribution < -0.4 is 10.5 Å². The molecule has 0 radical (unpaired) electrons. The molecule has 1 fully saturated rings. The van der Waals surface area contributed by atoms with Gasteiger partial charge >= 0.3 is 5.97 Å². The van der Waals surface area contributed by atoms with Crippen molar-refractivity contribution in [3.8, 4) is 5.75 Å². The third-order valence-electron chi connectivity index (χ3n) is 5.28. The molecule has 6 heteroatoms. The van der Waals surface area contributed by atoms with Crippen molar-refractivity contribution in [1.29, 1.82) is 0 Å². The Kier molecular flexibility index (Phi) is 4.18. The first-order valence-corrected chi connectivity index (χ1v) is 8.87. The van der Waals surface area contributed by atoms with Crippen LogP contribution in [-0.2, 0) is 14.3 Å². The van der Waals surface area contributed by atoms with Crippen molar-refractivity contribution in [2.75, 3.05) is 12.8 Å². The van der Waals surface area contributed by atoms with Crippen LogP contribution >= 0.6 is 11.6 Å². The lowest BCUT2D eigenvalue weighted by Gasteiger charge is -2.47. The number of methoxy groups -OCH3 is 1. The van der Waals surface area contributed by atoms with E-state index in [0.717, 1.165) is 11.1 Å². The fraction of sp³-hybridized carbons (Fsp3) is 0.350. The summed E-state index contributed by atoms with van der Waals surface area (Å²) in [6.07, 6.45) is 0.0670. The van der Waals surface area contributed by atoms with Crippen molar-refractivity contribution in [3.63, 3.8) is 0 Å². The molecular weight excluding hydrogens is 354 g/mol. The molecule has 0 amide bonds. The standard InChI is InChI=1S/C20H20ClNO4/c1-20(24-2)10-15(11-3-5-12(21)6-4-11)17-18(26-20)14-8-7-13(22)9-16(14)25-19(17)23/h3-9,15,17-18H,10,22H2,1-2H3. The molecule has 136 valence electrons. The molecule has 2 aromatic rings. The smallest absolute Gasteiger partial charge is 0.317 e. The molecule has 4 rings (SSSR count). The number of esters is 1. The zero-order chi connectivity index (χ0) is 18.5. The number of nitrogen functional groups attached to an aromatic ring is 1. The van der Waals surface area contributed by atoms with E-state index in [1.165, 1.54) is 0 Å². The molecule has 4 unspecified atom stereocenters. The summed E-state index contributed by atoms with van der Waals surface area (Å²) < 4.78 is 17.5. The summed E-state index contributed by atoms with van der Waals surface area (Å²) in [5.41, 5.74) is 8.19. The predicted octanol–water partition coefficient (Wildman–Crippen LogP) is 4.07. The molecule has 0 aromatic heterocycles. The van der Waals surface area contributed by atoms with Crippen molar-refractivity contribution in [1.82, 2.24) is 0 Å². The molecule has 0 aliphatic carbocycles. The van der Waals surface area contributed by atoms with E-state index >= 15 is 0 Å². The number of fused-ring (bicyclic) bond motifs is 3. The lowest BCUT2D eigenvalue weighted by Crippen LogP contribution is -2.49. The van der Waals surface area contributed by atoms with E-state index in [4.69, 9.17) is 31.5 Å². The Morgan fingerprint density at radius 1 is 1.23 bits per heavy atom. The van der Waals surface area contributed by atoms with Crippen LogP contribution in [0.1, 0.15) is 36.5 Å². The number of hydrogen-bond acceptors (Lipinski definition) is 5. The monoisotopic (exact) mass is 373 g/mol. The van der Waals surface area contributed by atoms with Gasteiger partial charge in [0.25, 0.3) is 0 Å². The molecule has 5 nitrogen and oxygen atoms in total. The molecule has 4 atom stereocenters. The van der Waals surface area contributed by atoms with Crippen molar-refractivity contribution < 1.29 is 19.0 Å². The normalized spacial score (nSPS) is 30.3. The van der Waals surface area contributed by atoms with Crippen LogP contribution in [0.3, 0.4) is 0 Å². The number of halogens is 1. The van der Waals surface area contributed by atoms with Crippen LogP contribution in [0.5, 0.6) is 5.75 Å². The molecule has 2 aliphatic heterocycles. The van der Waals surface area contributed by atoms with Crippen molar-refractivity contribution in [2.45, 2.75) is 31.2 Å². The van der Waals surface area contributed by atoms with E-state index in [1.807, 2.05) is 37.3 Å². The zero-order valence-corrected chi connectivity index (χ0v) is 15.3. The molecule has 0 saturated carbocycles. The van der Waals surface area contributed by atoms with E-state index < -0.39 is 17.8 Å². The molecule has 1 saturated heterocycles. The minimum atomic E-state index is -0.818. The average Bonchev–Trinajstić information content (AvgIpc) is 2.61. The third-order valence-corrected chi connectivity index (χ3v) is 5.54. The summed E-state index contributed by atoms with van der Waals surface area (Å²) >= 11 is 6.03. The molecule has 0 spiro atoms. The van der Waals surface area contributed by atoms with Crippen molar-refractivity contribution in [2.24, 2.45) is 5.92 Å². The van der Waals surface area contributed by atoms with Gasteiger partial charge in [-0.2, -0.15) is 0 Å². The third kappa shape index (κ3) is 2.86. The van der Waals surface area contributed by atoms with Crippen LogP contribution in [0.25, 0.3) is 0 Å². The Labute approximate surface area is 157 Å². The second kappa shape index (κ2) is 6.27. The van der Waals surface area contributed by atoms with Gasteiger partial charge in [-0.3, -0.25) is 4.79 Å². The molecule has 2 aromatic carbocycles. The summed E-state index contributed by atoms with van der Waals surface area (Å²) in [6.45, 7) is 1.89.